The van der Waals surface area contributed by atoms with Gasteiger partial charge in [0.1, 0.15) is 0 Å². The van der Waals surface area contributed by atoms with E-state index in [-0.39, 0.29) is 12.6 Å². The molecule has 3 nitrogen and oxygen atoms in total. The highest BCUT2D eigenvalue weighted by Crippen LogP contribution is 2.26. The van der Waals surface area contributed by atoms with Crippen LogP contribution in [0.2, 0.25) is 0 Å². The van der Waals surface area contributed by atoms with Crippen LogP contribution >= 0.6 is 0 Å². The molecule has 0 saturated carbocycles. The number of hydrogen-bond donors (Lipinski definition) is 1. The Morgan fingerprint density at radius 3 is 2.68 bits per heavy atom. The molecule has 19 heavy (non-hydrogen) atoms. The summed E-state index contributed by atoms with van der Waals surface area (Å²) in [7, 11) is 2.15. The van der Waals surface area contributed by atoms with Crippen molar-refractivity contribution in [2.45, 2.75) is 39.3 Å². The van der Waals surface area contributed by atoms with Crippen LogP contribution in [0.4, 0.5) is 5.69 Å². The van der Waals surface area contributed by atoms with Gasteiger partial charge in [0.2, 0.25) is 0 Å². The fourth-order valence-corrected chi connectivity index (χ4v) is 2.94. The molecule has 0 amide bonds. The topological polar surface area (TPSA) is 26.7 Å². The van der Waals surface area contributed by atoms with Gasteiger partial charge in [-0.1, -0.05) is 17.7 Å². The van der Waals surface area contributed by atoms with Crippen LogP contribution < -0.4 is 4.90 Å². The van der Waals surface area contributed by atoms with Crippen molar-refractivity contribution in [3.8, 4) is 0 Å². The van der Waals surface area contributed by atoms with E-state index in [1.165, 1.54) is 16.8 Å². The first-order chi connectivity index (χ1) is 9.02. The summed E-state index contributed by atoms with van der Waals surface area (Å²) in [6.45, 7) is 8.70. The highest BCUT2D eigenvalue weighted by atomic mass is 16.3. The third-order valence-corrected chi connectivity index (χ3v) is 4.35. The van der Waals surface area contributed by atoms with Crippen LogP contribution in [0.15, 0.2) is 18.2 Å². The molecule has 1 heterocycles. The molecular formula is C16H26N2O. The van der Waals surface area contributed by atoms with Crippen LogP contribution in [-0.2, 0) is 0 Å². The van der Waals surface area contributed by atoms with Gasteiger partial charge < -0.3 is 14.9 Å². The van der Waals surface area contributed by atoms with Crippen molar-refractivity contribution in [1.29, 1.82) is 0 Å². The molecule has 1 fully saturated rings. The summed E-state index contributed by atoms with van der Waals surface area (Å²) in [6, 6.07) is 7.35. The van der Waals surface area contributed by atoms with E-state index in [4.69, 9.17) is 0 Å². The molecule has 1 aromatic rings. The Bertz CT molecular complexity index is 433. The summed E-state index contributed by atoms with van der Waals surface area (Å²) in [5.41, 5.74) is 3.87. The Morgan fingerprint density at radius 1 is 1.32 bits per heavy atom. The molecule has 2 unspecified atom stereocenters. The minimum atomic E-state index is 0.191. The van der Waals surface area contributed by atoms with E-state index < -0.39 is 0 Å². The van der Waals surface area contributed by atoms with Gasteiger partial charge in [-0.25, -0.2) is 0 Å². The molecule has 1 aromatic carbocycles. The number of aliphatic hydroxyl groups is 1. The van der Waals surface area contributed by atoms with Gasteiger partial charge in [0.05, 0.1) is 12.6 Å². The first kappa shape index (κ1) is 14.4. The molecule has 1 aliphatic rings. The van der Waals surface area contributed by atoms with Crippen LogP contribution in [0, 0.1) is 13.8 Å². The molecule has 0 radical (unpaired) electrons. The van der Waals surface area contributed by atoms with Crippen LogP contribution in [0.3, 0.4) is 0 Å². The average Bonchev–Trinajstić information content (AvgIpc) is 2.51. The lowest BCUT2D eigenvalue weighted by Crippen LogP contribution is -2.43. The number of rotatable bonds is 2. The summed E-state index contributed by atoms with van der Waals surface area (Å²) in [6.07, 6.45) is 1.14. The zero-order valence-corrected chi connectivity index (χ0v) is 12.6. The lowest BCUT2D eigenvalue weighted by atomic mass is 10.1. The molecular weight excluding hydrogens is 236 g/mol. The van der Waals surface area contributed by atoms with E-state index >= 15 is 0 Å². The van der Waals surface area contributed by atoms with Crippen molar-refractivity contribution >= 4 is 5.69 Å². The van der Waals surface area contributed by atoms with Gasteiger partial charge in [0, 0.05) is 24.8 Å². The fraction of sp³-hybridized carbons (Fsp3) is 0.625. The van der Waals surface area contributed by atoms with E-state index in [9.17, 15) is 5.11 Å². The summed E-state index contributed by atoms with van der Waals surface area (Å²) in [5, 5.41) is 9.73. The number of aliphatic hydroxyl groups excluding tert-OH is 1. The summed E-state index contributed by atoms with van der Waals surface area (Å²) >= 11 is 0. The minimum Gasteiger partial charge on any atom is -0.394 e. The van der Waals surface area contributed by atoms with E-state index in [0.29, 0.717) is 6.04 Å². The molecule has 1 aliphatic heterocycles. The predicted molar refractivity (Wildman–Crippen MR) is 80.8 cm³/mol. The van der Waals surface area contributed by atoms with Crippen LogP contribution in [0.1, 0.15) is 24.5 Å². The van der Waals surface area contributed by atoms with E-state index in [2.05, 4.69) is 55.8 Å². The largest absolute Gasteiger partial charge is 0.394 e. The van der Waals surface area contributed by atoms with E-state index in [0.717, 1.165) is 19.5 Å². The molecule has 3 heteroatoms. The Kier molecular flexibility index (Phi) is 4.48. The standard InChI is InChI=1S/C16H26N2O/c1-12-5-6-16(13(2)9-12)18-8-7-14(3)17(4)10-15(18)11-19/h5-6,9,14-15,19H,7-8,10-11H2,1-4H3. The average molecular weight is 262 g/mol. The first-order valence-corrected chi connectivity index (χ1v) is 7.18. The predicted octanol–water partition coefficient (Wildman–Crippen LogP) is 2.19. The van der Waals surface area contributed by atoms with Crippen molar-refractivity contribution in [3.05, 3.63) is 29.3 Å². The number of hydrogen-bond acceptors (Lipinski definition) is 3. The van der Waals surface area contributed by atoms with Gasteiger partial charge in [-0.15, -0.1) is 0 Å². The maximum atomic E-state index is 9.73. The maximum absolute atomic E-state index is 9.73. The number of nitrogens with zero attached hydrogens (tertiary/aromatic N) is 2. The molecule has 2 rings (SSSR count). The molecule has 0 bridgehead atoms. The van der Waals surface area contributed by atoms with Gasteiger partial charge in [-0.3, -0.25) is 0 Å². The summed E-state index contributed by atoms with van der Waals surface area (Å²) < 4.78 is 0. The maximum Gasteiger partial charge on any atom is 0.0648 e. The van der Waals surface area contributed by atoms with E-state index in [1.807, 2.05) is 0 Å². The van der Waals surface area contributed by atoms with Gasteiger partial charge in [0.15, 0.2) is 0 Å². The van der Waals surface area contributed by atoms with Crippen LogP contribution in [-0.4, -0.2) is 48.8 Å². The monoisotopic (exact) mass is 262 g/mol. The van der Waals surface area contributed by atoms with E-state index in [1.54, 1.807) is 0 Å². The normalized spacial score (nSPS) is 25.4. The van der Waals surface area contributed by atoms with Crippen LogP contribution in [0.5, 0.6) is 0 Å². The highest BCUT2D eigenvalue weighted by Gasteiger charge is 2.27. The van der Waals surface area contributed by atoms with Gasteiger partial charge in [-0.05, 0) is 45.9 Å². The molecule has 0 spiro atoms. The Hall–Kier alpha value is -1.06. The minimum absolute atomic E-state index is 0.191. The SMILES string of the molecule is Cc1ccc(N2CCC(C)N(C)CC2CO)c(C)c1. The first-order valence-electron chi connectivity index (χ1n) is 7.18. The Morgan fingerprint density at radius 2 is 2.05 bits per heavy atom. The number of anilines is 1. The van der Waals surface area contributed by atoms with Crippen LogP contribution in [0.25, 0.3) is 0 Å². The number of benzene rings is 1. The zero-order valence-electron chi connectivity index (χ0n) is 12.6. The third-order valence-electron chi connectivity index (χ3n) is 4.35. The zero-order chi connectivity index (χ0) is 14.0. The number of likely N-dealkylation sites (N-methyl/N-ethyl adjacent to an activating group) is 1. The number of aryl methyl sites for hydroxylation is 2. The van der Waals surface area contributed by atoms with Crippen molar-refractivity contribution < 1.29 is 5.11 Å². The van der Waals surface area contributed by atoms with Gasteiger partial charge >= 0.3 is 0 Å². The quantitative estimate of drug-likeness (QED) is 0.885. The summed E-state index contributed by atoms with van der Waals surface area (Å²) in [4.78, 5) is 4.74. The van der Waals surface area contributed by atoms with Gasteiger partial charge in [-0.2, -0.15) is 0 Å². The Labute approximate surface area is 116 Å². The molecule has 1 saturated heterocycles. The van der Waals surface area contributed by atoms with Crippen molar-refractivity contribution in [2.24, 2.45) is 0 Å². The third kappa shape index (κ3) is 3.10. The lowest BCUT2D eigenvalue weighted by Gasteiger charge is -2.33. The smallest absolute Gasteiger partial charge is 0.0648 e. The molecule has 0 aromatic heterocycles. The Balaban J connectivity index is 2.30. The van der Waals surface area contributed by atoms with Crippen molar-refractivity contribution in [1.82, 2.24) is 4.90 Å². The molecule has 2 atom stereocenters. The second-order valence-electron chi connectivity index (χ2n) is 5.90. The fourth-order valence-electron chi connectivity index (χ4n) is 2.94. The second-order valence-corrected chi connectivity index (χ2v) is 5.90. The van der Waals surface area contributed by atoms with Gasteiger partial charge in [0.25, 0.3) is 0 Å². The lowest BCUT2D eigenvalue weighted by molar-refractivity contribution is 0.206. The second kappa shape index (κ2) is 5.93. The molecule has 106 valence electrons. The molecule has 0 aliphatic carbocycles. The molecule has 1 N–H and O–H groups in total. The van der Waals surface area contributed by atoms with Crippen molar-refractivity contribution in [2.75, 3.05) is 31.6 Å². The highest BCUT2D eigenvalue weighted by molar-refractivity contribution is 5.55. The van der Waals surface area contributed by atoms with Crippen molar-refractivity contribution in [3.63, 3.8) is 0 Å². The summed E-state index contributed by atoms with van der Waals surface area (Å²) in [5.74, 6) is 0.